The molecule has 1 aromatic heterocycles. The second kappa shape index (κ2) is 8.04. The van der Waals surface area contributed by atoms with Gasteiger partial charge in [0.2, 0.25) is 0 Å². The third kappa shape index (κ3) is 4.94. The van der Waals surface area contributed by atoms with Gasteiger partial charge in [-0.05, 0) is 52.9 Å². The van der Waals surface area contributed by atoms with Crippen LogP contribution in [0.4, 0.5) is 11.4 Å². The second-order valence-corrected chi connectivity index (χ2v) is 7.54. The van der Waals surface area contributed by atoms with Crippen molar-refractivity contribution in [3.05, 3.63) is 89.7 Å². The molecular weight excluding hydrogens is 334 g/mol. The molecule has 4 nitrogen and oxygen atoms in total. The standard InChI is InChI=1S/C23H25N3O/c1-23(2,3)18-7-6-8-19(15-18)26-22(27)20-9-4-5-10-21(20)25-16-17-11-13-24-14-12-17/h4-15,25H,16H2,1-3H3,(H,26,27). The van der Waals surface area contributed by atoms with Crippen molar-refractivity contribution in [3.8, 4) is 0 Å². The largest absolute Gasteiger partial charge is 0.380 e. The van der Waals surface area contributed by atoms with E-state index in [0.29, 0.717) is 12.1 Å². The van der Waals surface area contributed by atoms with Crippen LogP contribution in [0, 0.1) is 0 Å². The van der Waals surface area contributed by atoms with Crippen LogP contribution >= 0.6 is 0 Å². The van der Waals surface area contributed by atoms with Gasteiger partial charge in [0.15, 0.2) is 0 Å². The molecule has 0 saturated heterocycles. The number of carbonyl (C=O) groups excluding carboxylic acids is 1. The summed E-state index contributed by atoms with van der Waals surface area (Å²) in [5.41, 5.74) is 4.55. The number of carbonyl (C=O) groups is 1. The molecule has 4 heteroatoms. The van der Waals surface area contributed by atoms with Crippen LogP contribution in [0.2, 0.25) is 0 Å². The van der Waals surface area contributed by atoms with Crippen molar-refractivity contribution in [2.75, 3.05) is 10.6 Å². The highest BCUT2D eigenvalue weighted by Crippen LogP contribution is 2.25. The lowest BCUT2D eigenvalue weighted by atomic mass is 9.87. The van der Waals surface area contributed by atoms with Crippen LogP contribution in [-0.4, -0.2) is 10.9 Å². The number of rotatable bonds is 5. The van der Waals surface area contributed by atoms with Gasteiger partial charge in [-0.2, -0.15) is 0 Å². The zero-order valence-electron chi connectivity index (χ0n) is 16.0. The number of nitrogens with one attached hydrogen (secondary N) is 2. The van der Waals surface area contributed by atoms with Crippen molar-refractivity contribution in [1.82, 2.24) is 4.98 Å². The van der Waals surface area contributed by atoms with Crippen LogP contribution in [0.1, 0.15) is 42.3 Å². The van der Waals surface area contributed by atoms with Gasteiger partial charge in [-0.3, -0.25) is 9.78 Å². The van der Waals surface area contributed by atoms with E-state index in [-0.39, 0.29) is 11.3 Å². The van der Waals surface area contributed by atoms with Gasteiger partial charge in [-0.1, -0.05) is 45.0 Å². The normalized spacial score (nSPS) is 11.1. The number of para-hydroxylation sites is 1. The molecule has 27 heavy (non-hydrogen) atoms. The molecular formula is C23H25N3O. The Labute approximate surface area is 160 Å². The first kappa shape index (κ1) is 18.6. The maximum absolute atomic E-state index is 12.8. The van der Waals surface area contributed by atoms with E-state index in [1.165, 1.54) is 5.56 Å². The summed E-state index contributed by atoms with van der Waals surface area (Å²) in [4.78, 5) is 16.9. The van der Waals surface area contributed by atoms with E-state index in [4.69, 9.17) is 0 Å². The van der Waals surface area contributed by atoms with Gasteiger partial charge in [-0.15, -0.1) is 0 Å². The number of amides is 1. The predicted molar refractivity (Wildman–Crippen MR) is 111 cm³/mol. The summed E-state index contributed by atoms with van der Waals surface area (Å²) in [6.45, 7) is 7.11. The molecule has 1 amide bonds. The summed E-state index contributed by atoms with van der Waals surface area (Å²) in [5, 5.41) is 6.36. The minimum Gasteiger partial charge on any atom is -0.380 e. The first-order valence-corrected chi connectivity index (χ1v) is 9.07. The average Bonchev–Trinajstić information content (AvgIpc) is 2.67. The van der Waals surface area contributed by atoms with Crippen LogP contribution < -0.4 is 10.6 Å². The first-order chi connectivity index (χ1) is 12.9. The second-order valence-electron chi connectivity index (χ2n) is 7.54. The molecule has 3 rings (SSSR count). The first-order valence-electron chi connectivity index (χ1n) is 9.07. The molecule has 3 aromatic rings. The Morgan fingerprint density at radius 2 is 1.70 bits per heavy atom. The molecule has 138 valence electrons. The summed E-state index contributed by atoms with van der Waals surface area (Å²) >= 11 is 0. The van der Waals surface area contributed by atoms with Crippen molar-refractivity contribution < 1.29 is 4.79 Å². The van der Waals surface area contributed by atoms with E-state index < -0.39 is 0 Å². The van der Waals surface area contributed by atoms with Crippen molar-refractivity contribution in [2.24, 2.45) is 0 Å². The molecule has 2 N–H and O–H groups in total. The lowest BCUT2D eigenvalue weighted by Crippen LogP contribution is -2.16. The number of hydrogen-bond acceptors (Lipinski definition) is 3. The quantitative estimate of drug-likeness (QED) is 0.655. The molecule has 0 aliphatic heterocycles. The Balaban J connectivity index is 1.75. The lowest BCUT2D eigenvalue weighted by Gasteiger charge is -2.20. The van der Waals surface area contributed by atoms with Gasteiger partial charge < -0.3 is 10.6 Å². The zero-order chi connectivity index (χ0) is 19.3. The van der Waals surface area contributed by atoms with Crippen molar-refractivity contribution >= 4 is 17.3 Å². The Morgan fingerprint density at radius 3 is 2.44 bits per heavy atom. The third-order valence-electron chi connectivity index (χ3n) is 4.39. The zero-order valence-corrected chi connectivity index (χ0v) is 16.0. The summed E-state index contributed by atoms with van der Waals surface area (Å²) in [7, 11) is 0. The number of benzene rings is 2. The number of pyridine rings is 1. The third-order valence-corrected chi connectivity index (χ3v) is 4.39. The average molecular weight is 359 g/mol. The van der Waals surface area contributed by atoms with E-state index >= 15 is 0 Å². The molecule has 2 aromatic carbocycles. The fraction of sp³-hybridized carbons (Fsp3) is 0.217. The Kier molecular flexibility index (Phi) is 5.55. The molecule has 0 spiro atoms. The van der Waals surface area contributed by atoms with Gasteiger partial charge in [0.25, 0.3) is 5.91 Å². The van der Waals surface area contributed by atoms with Crippen molar-refractivity contribution in [3.63, 3.8) is 0 Å². The van der Waals surface area contributed by atoms with Gasteiger partial charge in [0.05, 0.1) is 5.56 Å². The lowest BCUT2D eigenvalue weighted by molar-refractivity contribution is 0.102. The number of nitrogens with zero attached hydrogens (tertiary/aromatic N) is 1. The smallest absolute Gasteiger partial charge is 0.257 e. The molecule has 1 heterocycles. The van der Waals surface area contributed by atoms with E-state index in [9.17, 15) is 4.79 Å². The molecule has 0 aliphatic rings. The minimum atomic E-state index is -0.126. The maximum Gasteiger partial charge on any atom is 0.257 e. The molecule has 0 radical (unpaired) electrons. The van der Waals surface area contributed by atoms with Crippen LogP contribution in [0.15, 0.2) is 73.1 Å². The molecule has 0 aliphatic carbocycles. The Morgan fingerprint density at radius 1 is 0.963 bits per heavy atom. The highest BCUT2D eigenvalue weighted by Gasteiger charge is 2.15. The number of anilines is 2. The van der Waals surface area contributed by atoms with E-state index in [2.05, 4.69) is 42.5 Å². The van der Waals surface area contributed by atoms with Crippen molar-refractivity contribution in [2.45, 2.75) is 32.7 Å². The highest BCUT2D eigenvalue weighted by atomic mass is 16.1. The summed E-state index contributed by atoms with van der Waals surface area (Å²) in [5.74, 6) is -0.126. The van der Waals surface area contributed by atoms with E-state index in [1.807, 2.05) is 54.6 Å². The number of aromatic nitrogens is 1. The van der Waals surface area contributed by atoms with Crippen LogP contribution in [0.25, 0.3) is 0 Å². The molecule has 0 fully saturated rings. The Hall–Kier alpha value is -3.14. The molecule has 0 saturated carbocycles. The molecule has 0 atom stereocenters. The highest BCUT2D eigenvalue weighted by molar-refractivity contribution is 6.08. The summed E-state index contributed by atoms with van der Waals surface area (Å²) < 4.78 is 0. The van der Waals surface area contributed by atoms with E-state index in [0.717, 1.165) is 16.9 Å². The topological polar surface area (TPSA) is 54.0 Å². The van der Waals surface area contributed by atoms with Crippen LogP contribution in [-0.2, 0) is 12.0 Å². The molecule has 0 unspecified atom stereocenters. The summed E-state index contributed by atoms with van der Waals surface area (Å²) in [6.07, 6.45) is 3.52. The van der Waals surface area contributed by atoms with Gasteiger partial charge >= 0.3 is 0 Å². The van der Waals surface area contributed by atoms with Gasteiger partial charge in [0, 0.05) is 30.3 Å². The van der Waals surface area contributed by atoms with Crippen LogP contribution in [0.3, 0.4) is 0 Å². The van der Waals surface area contributed by atoms with E-state index in [1.54, 1.807) is 12.4 Å². The maximum atomic E-state index is 12.8. The van der Waals surface area contributed by atoms with Gasteiger partial charge in [-0.25, -0.2) is 0 Å². The van der Waals surface area contributed by atoms with Gasteiger partial charge in [0.1, 0.15) is 0 Å². The fourth-order valence-corrected chi connectivity index (χ4v) is 2.80. The Bertz CT molecular complexity index is 914. The minimum absolute atomic E-state index is 0.0325. The van der Waals surface area contributed by atoms with Crippen molar-refractivity contribution in [1.29, 1.82) is 0 Å². The monoisotopic (exact) mass is 359 g/mol. The summed E-state index contributed by atoms with van der Waals surface area (Å²) in [6, 6.07) is 19.5. The van der Waals surface area contributed by atoms with Crippen LogP contribution in [0.5, 0.6) is 0 Å². The predicted octanol–water partition coefficient (Wildman–Crippen LogP) is 5.24. The fourth-order valence-electron chi connectivity index (χ4n) is 2.80. The number of hydrogen-bond donors (Lipinski definition) is 2. The SMILES string of the molecule is CC(C)(C)c1cccc(NC(=O)c2ccccc2NCc2ccncc2)c1. The molecule has 0 bridgehead atoms.